The molecule has 0 spiro atoms. The summed E-state index contributed by atoms with van der Waals surface area (Å²) in [4.78, 5) is 4.11. The lowest BCUT2D eigenvalue weighted by Crippen LogP contribution is -2.38. The molecule has 0 aliphatic heterocycles. The van der Waals surface area contributed by atoms with Crippen LogP contribution in [-0.2, 0) is 0 Å². The summed E-state index contributed by atoms with van der Waals surface area (Å²) >= 11 is 0. The van der Waals surface area contributed by atoms with Crippen molar-refractivity contribution in [2.75, 3.05) is 7.05 Å². The summed E-state index contributed by atoms with van der Waals surface area (Å²) in [5.74, 6) is 0.385. The van der Waals surface area contributed by atoms with Gasteiger partial charge in [-0.15, -0.1) is 0 Å². The van der Waals surface area contributed by atoms with E-state index in [0.717, 1.165) is 21.9 Å². The molecule has 0 aliphatic rings. The van der Waals surface area contributed by atoms with Crippen molar-refractivity contribution >= 4 is 19.5 Å². The Hall–Kier alpha value is -1.87. The summed E-state index contributed by atoms with van der Waals surface area (Å²) in [5, 5.41) is 11.7. The van der Waals surface area contributed by atoms with Gasteiger partial charge in [0.2, 0.25) is 0 Å². The average molecular weight is 283 g/mol. The minimum absolute atomic E-state index is 0.385. The van der Waals surface area contributed by atoms with Crippen molar-refractivity contribution in [1.29, 1.82) is 0 Å². The molecule has 0 amide bonds. The van der Waals surface area contributed by atoms with Crippen LogP contribution in [0.2, 0.25) is 19.6 Å². The van der Waals surface area contributed by atoms with Crippen LogP contribution in [0.15, 0.2) is 47.5 Å². The monoisotopic (exact) mass is 283 g/mol. The van der Waals surface area contributed by atoms with E-state index < -0.39 is 8.07 Å². The summed E-state index contributed by atoms with van der Waals surface area (Å²) < 4.78 is 0. The Bertz CT molecular complexity index is 627. The number of nitrogens with zero attached hydrogens (tertiary/aromatic N) is 1. The van der Waals surface area contributed by atoms with Gasteiger partial charge in [0.05, 0.1) is 8.07 Å². The number of benzene rings is 2. The van der Waals surface area contributed by atoms with E-state index in [0.29, 0.717) is 5.75 Å². The zero-order chi connectivity index (χ0) is 14.8. The van der Waals surface area contributed by atoms with Crippen molar-refractivity contribution in [3.63, 3.8) is 0 Å². The van der Waals surface area contributed by atoms with Gasteiger partial charge in [-0.1, -0.05) is 62.1 Å². The summed E-state index contributed by atoms with van der Waals surface area (Å²) in [6.45, 7) is 6.70. The van der Waals surface area contributed by atoms with Crippen LogP contribution >= 0.6 is 0 Å². The summed E-state index contributed by atoms with van der Waals surface area (Å²) in [6.07, 6.45) is 1.75. The maximum Gasteiger partial charge on any atom is 0.124 e. The van der Waals surface area contributed by atoms with E-state index >= 15 is 0 Å². The third-order valence-electron chi connectivity index (χ3n) is 3.37. The molecule has 1 N–H and O–H groups in total. The maximum atomic E-state index is 10.6. The Kier molecular flexibility index (Phi) is 4.09. The molecule has 0 radical (unpaired) electrons. The Labute approximate surface area is 121 Å². The lowest BCUT2D eigenvalue weighted by molar-refractivity contribution is 0.478. The molecule has 2 rings (SSSR count). The first-order chi connectivity index (χ1) is 9.45. The molecule has 0 saturated carbocycles. The molecule has 0 fully saturated rings. The first-order valence-electron chi connectivity index (χ1n) is 6.79. The zero-order valence-electron chi connectivity index (χ0n) is 12.5. The fourth-order valence-corrected chi connectivity index (χ4v) is 3.77. The van der Waals surface area contributed by atoms with Crippen LogP contribution in [0, 0.1) is 0 Å². The topological polar surface area (TPSA) is 32.6 Å². The first kappa shape index (κ1) is 14.5. The van der Waals surface area contributed by atoms with Crippen LogP contribution in [0.1, 0.15) is 5.56 Å². The number of aliphatic imine (C=N–C) groups is 1. The first-order valence-corrected chi connectivity index (χ1v) is 10.3. The van der Waals surface area contributed by atoms with Crippen LogP contribution in [-0.4, -0.2) is 26.4 Å². The zero-order valence-corrected chi connectivity index (χ0v) is 13.5. The van der Waals surface area contributed by atoms with Crippen LogP contribution in [0.5, 0.6) is 5.75 Å². The molecule has 2 aromatic rings. The normalized spacial score (nSPS) is 12.0. The van der Waals surface area contributed by atoms with E-state index in [9.17, 15) is 5.11 Å². The maximum absolute atomic E-state index is 10.6. The number of aromatic hydroxyl groups is 1. The minimum atomic E-state index is -1.57. The molecule has 20 heavy (non-hydrogen) atoms. The highest BCUT2D eigenvalue weighted by Crippen LogP contribution is 2.29. The fraction of sp³-hybridized carbons (Fsp3) is 0.235. The summed E-state index contributed by atoms with van der Waals surface area (Å²) in [6, 6.07) is 14.3. The highest BCUT2D eigenvalue weighted by atomic mass is 28.3. The summed E-state index contributed by atoms with van der Waals surface area (Å²) in [7, 11) is 0.158. The predicted octanol–water partition coefficient (Wildman–Crippen LogP) is 3.65. The van der Waals surface area contributed by atoms with Gasteiger partial charge in [-0.25, -0.2) is 0 Å². The molecule has 0 unspecified atom stereocenters. The molecule has 0 bridgehead atoms. The van der Waals surface area contributed by atoms with E-state index in [-0.39, 0.29) is 0 Å². The molecule has 2 aromatic carbocycles. The van der Waals surface area contributed by atoms with E-state index in [1.807, 2.05) is 18.2 Å². The van der Waals surface area contributed by atoms with Crippen molar-refractivity contribution in [3.8, 4) is 16.9 Å². The predicted molar refractivity (Wildman–Crippen MR) is 90.0 cm³/mol. The molecule has 0 heterocycles. The third-order valence-corrected chi connectivity index (χ3v) is 5.39. The Morgan fingerprint density at radius 2 is 1.65 bits per heavy atom. The lowest BCUT2D eigenvalue weighted by Gasteiger charge is -2.21. The van der Waals surface area contributed by atoms with Crippen LogP contribution in [0.25, 0.3) is 11.1 Å². The molecular weight excluding hydrogens is 262 g/mol. The van der Waals surface area contributed by atoms with Gasteiger partial charge in [-0.2, -0.15) is 0 Å². The molecule has 104 valence electrons. The molecule has 2 nitrogen and oxygen atoms in total. The minimum Gasteiger partial charge on any atom is -0.507 e. The van der Waals surface area contributed by atoms with Gasteiger partial charge >= 0.3 is 0 Å². The second kappa shape index (κ2) is 5.63. The van der Waals surface area contributed by atoms with Crippen LogP contribution in [0.4, 0.5) is 0 Å². The quantitative estimate of drug-likeness (QED) is 0.677. The molecule has 0 aromatic heterocycles. The number of phenolic OH excluding ortho intramolecular Hbond substituents is 1. The van der Waals surface area contributed by atoms with Gasteiger partial charge in [-0.05, 0) is 16.3 Å². The number of hydrogen-bond donors (Lipinski definition) is 1. The second-order valence-electron chi connectivity index (χ2n) is 5.93. The molecule has 0 atom stereocenters. The SMILES string of the molecule is CN=Cc1c(-c2ccccc2)ccc([Si](C)(C)C)c1O. The number of phenols is 1. The van der Waals surface area contributed by atoms with Crippen molar-refractivity contribution in [2.45, 2.75) is 19.6 Å². The van der Waals surface area contributed by atoms with E-state index in [1.165, 1.54) is 0 Å². The van der Waals surface area contributed by atoms with Gasteiger partial charge in [-0.3, -0.25) is 4.99 Å². The van der Waals surface area contributed by atoms with E-state index in [1.54, 1.807) is 13.3 Å². The van der Waals surface area contributed by atoms with Gasteiger partial charge in [0.1, 0.15) is 5.75 Å². The number of rotatable bonds is 3. The third kappa shape index (κ3) is 2.83. The highest BCUT2D eigenvalue weighted by molar-refractivity contribution is 6.89. The summed E-state index contributed by atoms with van der Waals surface area (Å²) in [5.41, 5.74) is 2.94. The molecule has 0 aliphatic carbocycles. The van der Waals surface area contributed by atoms with Gasteiger partial charge in [0, 0.05) is 18.8 Å². The van der Waals surface area contributed by atoms with Crippen LogP contribution < -0.4 is 5.19 Å². The molecular formula is C17H21NOSi. The number of hydrogen-bond acceptors (Lipinski definition) is 2. The van der Waals surface area contributed by atoms with Crippen LogP contribution in [0.3, 0.4) is 0 Å². The Morgan fingerprint density at radius 1 is 1.00 bits per heavy atom. The van der Waals surface area contributed by atoms with E-state index in [2.05, 4.69) is 48.9 Å². The van der Waals surface area contributed by atoms with Crippen molar-refractivity contribution < 1.29 is 5.11 Å². The Balaban J connectivity index is 2.69. The lowest BCUT2D eigenvalue weighted by atomic mass is 9.99. The van der Waals surface area contributed by atoms with Gasteiger partial charge < -0.3 is 5.11 Å². The molecule has 3 heteroatoms. The van der Waals surface area contributed by atoms with Gasteiger partial charge in [0.15, 0.2) is 0 Å². The highest BCUT2D eigenvalue weighted by Gasteiger charge is 2.23. The molecule has 0 saturated heterocycles. The van der Waals surface area contributed by atoms with Crippen molar-refractivity contribution in [3.05, 3.63) is 48.0 Å². The Morgan fingerprint density at radius 3 is 2.20 bits per heavy atom. The fourth-order valence-electron chi connectivity index (χ4n) is 2.34. The van der Waals surface area contributed by atoms with Crippen molar-refractivity contribution in [1.82, 2.24) is 0 Å². The van der Waals surface area contributed by atoms with Crippen molar-refractivity contribution in [2.24, 2.45) is 4.99 Å². The smallest absolute Gasteiger partial charge is 0.124 e. The second-order valence-corrected chi connectivity index (χ2v) is 11.0. The standard InChI is InChI=1S/C17H21NOSi/c1-18-12-15-14(13-8-6-5-7-9-13)10-11-16(17(15)19)20(2,3)4/h5-12,19H,1-4H3. The average Bonchev–Trinajstić information content (AvgIpc) is 2.40. The largest absolute Gasteiger partial charge is 0.507 e. The van der Waals surface area contributed by atoms with E-state index in [4.69, 9.17) is 0 Å². The van der Waals surface area contributed by atoms with Gasteiger partial charge in [0.25, 0.3) is 0 Å².